The standard InChI is InChI=1S/C14H25NO2/c1-4-13(16)9-11-7-6-8-12(15(11)3)10-14(17)5-2/h6-7,11-12,14,17H,4-5,8-10H2,1-3H3. The van der Waals surface area contributed by atoms with Gasteiger partial charge in [0.2, 0.25) is 0 Å². The highest BCUT2D eigenvalue weighted by atomic mass is 16.3. The molecule has 0 spiro atoms. The Bertz CT molecular complexity index is 275. The fourth-order valence-corrected chi connectivity index (χ4v) is 2.30. The first-order valence-corrected chi connectivity index (χ1v) is 6.66. The highest BCUT2D eigenvalue weighted by molar-refractivity contribution is 5.78. The number of hydrogen-bond donors (Lipinski definition) is 1. The number of rotatable bonds is 6. The van der Waals surface area contributed by atoms with Crippen molar-refractivity contribution in [2.45, 2.75) is 64.1 Å². The summed E-state index contributed by atoms with van der Waals surface area (Å²) >= 11 is 0. The summed E-state index contributed by atoms with van der Waals surface area (Å²) in [6, 6.07) is 0.579. The van der Waals surface area contributed by atoms with Crippen molar-refractivity contribution in [3.05, 3.63) is 12.2 Å². The molecule has 0 fully saturated rings. The first-order valence-electron chi connectivity index (χ1n) is 6.66. The van der Waals surface area contributed by atoms with Crippen molar-refractivity contribution in [1.82, 2.24) is 4.90 Å². The monoisotopic (exact) mass is 239 g/mol. The molecule has 0 radical (unpaired) electrons. The van der Waals surface area contributed by atoms with Crippen LogP contribution in [0.3, 0.4) is 0 Å². The third-order valence-corrected chi connectivity index (χ3v) is 3.71. The quantitative estimate of drug-likeness (QED) is 0.722. The van der Waals surface area contributed by atoms with Gasteiger partial charge in [0.15, 0.2) is 0 Å². The van der Waals surface area contributed by atoms with Gasteiger partial charge in [-0.25, -0.2) is 0 Å². The van der Waals surface area contributed by atoms with Gasteiger partial charge in [-0.15, -0.1) is 0 Å². The molecular formula is C14H25NO2. The van der Waals surface area contributed by atoms with E-state index in [-0.39, 0.29) is 12.1 Å². The molecule has 1 heterocycles. The lowest BCUT2D eigenvalue weighted by Gasteiger charge is -2.37. The lowest BCUT2D eigenvalue weighted by molar-refractivity contribution is -0.119. The van der Waals surface area contributed by atoms with E-state index >= 15 is 0 Å². The van der Waals surface area contributed by atoms with E-state index in [2.05, 4.69) is 24.1 Å². The summed E-state index contributed by atoms with van der Waals surface area (Å²) in [5.74, 6) is 0.309. The molecule has 0 aromatic carbocycles. The van der Waals surface area contributed by atoms with Crippen molar-refractivity contribution >= 4 is 5.78 Å². The van der Waals surface area contributed by atoms with Gasteiger partial charge in [0.05, 0.1) is 6.10 Å². The molecule has 3 atom stereocenters. The van der Waals surface area contributed by atoms with Crippen LogP contribution in [0, 0.1) is 0 Å². The van der Waals surface area contributed by atoms with E-state index in [1.54, 1.807) is 0 Å². The molecule has 1 N–H and O–H groups in total. The van der Waals surface area contributed by atoms with Gasteiger partial charge < -0.3 is 5.11 Å². The molecular weight excluding hydrogens is 214 g/mol. The summed E-state index contributed by atoms with van der Waals surface area (Å²) in [4.78, 5) is 13.7. The minimum atomic E-state index is -0.225. The molecule has 0 aromatic rings. The van der Waals surface area contributed by atoms with Gasteiger partial charge in [-0.3, -0.25) is 9.69 Å². The van der Waals surface area contributed by atoms with Gasteiger partial charge in [0, 0.05) is 24.9 Å². The lowest BCUT2D eigenvalue weighted by atomic mass is 9.94. The minimum Gasteiger partial charge on any atom is -0.393 e. The van der Waals surface area contributed by atoms with Crippen molar-refractivity contribution in [3.8, 4) is 0 Å². The van der Waals surface area contributed by atoms with Gasteiger partial charge >= 0.3 is 0 Å². The molecule has 1 rings (SSSR count). The predicted molar refractivity (Wildman–Crippen MR) is 69.9 cm³/mol. The van der Waals surface area contributed by atoms with E-state index in [9.17, 15) is 9.90 Å². The molecule has 1 aliphatic rings. The number of aliphatic hydroxyl groups excluding tert-OH is 1. The number of nitrogens with zero attached hydrogens (tertiary/aromatic N) is 1. The van der Waals surface area contributed by atoms with Crippen LogP contribution < -0.4 is 0 Å². The second-order valence-electron chi connectivity index (χ2n) is 4.94. The van der Waals surface area contributed by atoms with Gasteiger partial charge in [0.1, 0.15) is 5.78 Å². The summed E-state index contributed by atoms with van der Waals surface area (Å²) in [7, 11) is 2.06. The third kappa shape index (κ3) is 4.25. The molecule has 0 aliphatic carbocycles. The second-order valence-corrected chi connectivity index (χ2v) is 4.94. The first-order chi connectivity index (χ1) is 8.08. The zero-order chi connectivity index (χ0) is 12.8. The number of hydrogen-bond acceptors (Lipinski definition) is 3. The Hall–Kier alpha value is -0.670. The fraction of sp³-hybridized carbons (Fsp3) is 0.786. The highest BCUT2D eigenvalue weighted by Gasteiger charge is 2.26. The fourth-order valence-electron chi connectivity index (χ4n) is 2.30. The van der Waals surface area contributed by atoms with Crippen LogP contribution >= 0.6 is 0 Å². The van der Waals surface area contributed by atoms with Crippen molar-refractivity contribution < 1.29 is 9.90 Å². The second kappa shape index (κ2) is 6.92. The smallest absolute Gasteiger partial charge is 0.134 e. The Labute approximate surface area is 105 Å². The van der Waals surface area contributed by atoms with Gasteiger partial charge in [-0.05, 0) is 26.3 Å². The van der Waals surface area contributed by atoms with Crippen LogP contribution in [0.25, 0.3) is 0 Å². The summed E-state index contributed by atoms with van der Waals surface area (Å²) in [5.41, 5.74) is 0. The number of likely N-dealkylation sites (N-methyl/N-ethyl adjacent to an activating group) is 1. The van der Waals surface area contributed by atoms with Crippen molar-refractivity contribution in [1.29, 1.82) is 0 Å². The number of carbonyl (C=O) groups is 1. The Morgan fingerprint density at radius 3 is 2.82 bits per heavy atom. The Kier molecular flexibility index (Phi) is 5.86. The normalized spacial score (nSPS) is 27.1. The average molecular weight is 239 g/mol. The Morgan fingerprint density at radius 1 is 1.53 bits per heavy atom. The van der Waals surface area contributed by atoms with Gasteiger partial charge in [-0.2, -0.15) is 0 Å². The summed E-state index contributed by atoms with van der Waals surface area (Å²) in [5, 5.41) is 9.72. The number of ketones is 1. The Morgan fingerprint density at radius 2 is 2.24 bits per heavy atom. The maximum Gasteiger partial charge on any atom is 0.134 e. The lowest BCUT2D eigenvalue weighted by Crippen LogP contribution is -2.44. The van der Waals surface area contributed by atoms with Crippen LogP contribution in [-0.2, 0) is 4.79 Å². The Balaban J connectivity index is 2.55. The first kappa shape index (κ1) is 14.4. The zero-order valence-electron chi connectivity index (χ0n) is 11.2. The molecule has 3 unspecified atom stereocenters. The molecule has 17 heavy (non-hydrogen) atoms. The number of Topliss-reactive ketones (excluding diaryl/α,β-unsaturated/α-hetero) is 1. The average Bonchev–Trinajstić information content (AvgIpc) is 2.33. The van der Waals surface area contributed by atoms with Gasteiger partial charge in [-0.1, -0.05) is 26.0 Å². The van der Waals surface area contributed by atoms with E-state index in [1.807, 2.05) is 13.8 Å². The highest BCUT2D eigenvalue weighted by Crippen LogP contribution is 2.22. The van der Waals surface area contributed by atoms with E-state index < -0.39 is 0 Å². The van der Waals surface area contributed by atoms with Crippen LogP contribution in [0.2, 0.25) is 0 Å². The SMILES string of the molecule is CCC(=O)CC1C=CCC(CC(O)CC)N1C. The molecule has 0 aromatic heterocycles. The maximum atomic E-state index is 11.5. The van der Waals surface area contributed by atoms with E-state index in [0.29, 0.717) is 24.7 Å². The van der Waals surface area contributed by atoms with Crippen molar-refractivity contribution in [2.24, 2.45) is 0 Å². The van der Waals surface area contributed by atoms with Crippen LogP contribution in [-0.4, -0.2) is 41.0 Å². The molecule has 0 saturated heterocycles. The van der Waals surface area contributed by atoms with E-state index in [4.69, 9.17) is 0 Å². The summed E-state index contributed by atoms with van der Waals surface area (Å²) in [6.07, 6.45) is 7.84. The molecule has 0 saturated carbocycles. The minimum absolute atomic E-state index is 0.213. The van der Waals surface area contributed by atoms with Crippen LogP contribution in [0.15, 0.2) is 12.2 Å². The van der Waals surface area contributed by atoms with Crippen molar-refractivity contribution in [3.63, 3.8) is 0 Å². The third-order valence-electron chi connectivity index (χ3n) is 3.71. The number of aliphatic hydroxyl groups is 1. The topological polar surface area (TPSA) is 40.5 Å². The van der Waals surface area contributed by atoms with Crippen LogP contribution in [0.1, 0.15) is 46.0 Å². The van der Waals surface area contributed by atoms with Crippen molar-refractivity contribution in [2.75, 3.05) is 7.05 Å². The molecule has 3 heteroatoms. The molecule has 98 valence electrons. The molecule has 0 bridgehead atoms. The van der Waals surface area contributed by atoms with Gasteiger partial charge in [0.25, 0.3) is 0 Å². The predicted octanol–water partition coefficient (Wildman–Crippen LogP) is 2.15. The molecule has 0 amide bonds. The van der Waals surface area contributed by atoms with Crippen LogP contribution in [0.4, 0.5) is 0 Å². The van der Waals surface area contributed by atoms with Crippen LogP contribution in [0.5, 0.6) is 0 Å². The maximum absolute atomic E-state index is 11.5. The molecule has 3 nitrogen and oxygen atoms in total. The van der Waals surface area contributed by atoms with E-state index in [0.717, 1.165) is 19.3 Å². The summed E-state index contributed by atoms with van der Waals surface area (Å²) < 4.78 is 0. The van der Waals surface area contributed by atoms with E-state index in [1.165, 1.54) is 0 Å². The number of carbonyl (C=O) groups excluding carboxylic acids is 1. The summed E-state index contributed by atoms with van der Waals surface area (Å²) in [6.45, 7) is 3.91. The largest absolute Gasteiger partial charge is 0.393 e. The zero-order valence-corrected chi connectivity index (χ0v) is 11.2. The molecule has 1 aliphatic heterocycles.